The molecule has 0 saturated heterocycles. The average Bonchev–Trinajstić information content (AvgIpc) is 2.46. The third-order valence-electron chi connectivity index (χ3n) is 4.06. The maximum atomic E-state index is 12.6. The molecule has 0 spiro atoms. The number of methoxy groups -OCH3 is 1. The van der Waals surface area contributed by atoms with Crippen molar-refractivity contribution in [3.05, 3.63) is 35.9 Å². The number of rotatable bonds is 3. The van der Waals surface area contributed by atoms with Crippen molar-refractivity contribution in [1.82, 2.24) is 0 Å². The van der Waals surface area contributed by atoms with Gasteiger partial charge in [-0.05, 0) is 5.41 Å². The van der Waals surface area contributed by atoms with E-state index in [4.69, 9.17) is 0 Å². The molecule has 0 bridgehead atoms. The smallest absolute Gasteiger partial charge is 0.316 e. The zero-order chi connectivity index (χ0) is 16.5. The monoisotopic (exact) mass is 302 g/mol. The van der Waals surface area contributed by atoms with Gasteiger partial charge in [0.2, 0.25) is 0 Å². The summed E-state index contributed by atoms with van der Waals surface area (Å²) in [5, 5.41) is 0. The summed E-state index contributed by atoms with van der Waals surface area (Å²) in [5.74, 6) is -4.88. The number of esters is 1. The Kier molecular flexibility index (Phi) is 4.26. The van der Waals surface area contributed by atoms with E-state index in [9.17, 15) is 19.2 Å². The summed E-state index contributed by atoms with van der Waals surface area (Å²) in [6, 6.07) is 8.16. The predicted molar refractivity (Wildman–Crippen MR) is 78.2 cm³/mol. The standard InChI is InChI=1S/C17H18O5/c1-17(2)9-11(18)12(15(20)13(17)16(21)22-3)14(19)10-7-5-4-6-8-10/h4-8,12-13H,9H2,1-3H3/t12-,13-/m0/s1. The number of hydrogen-bond acceptors (Lipinski definition) is 5. The summed E-state index contributed by atoms with van der Waals surface area (Å²) < 4.78 is 4.68. The number of ketones is 3. The van der Waals surface area contributed by atoms with Gasteiger partial charge in [0.25, 0.3) is 0 Å². The predicted octanol–water partition coefficient (Wildman–Crippen LogP) is 1.84. The van der Waals surface area contributed by atoms with Crippen LogP contribution >= 0.6 is 0 Å². The third kappa shape index (κ3) is 2.71. The molecule has 22 heavy (non-hydrogen) atoms. The van der Waals surface area contributed by atoms with E-state index >= 15 is 0 Å². The normalized spacial score (nSPS) is 24.0. The van der Waals surface area contributed by atoms with E-state index in [1.165, 1.54) is 7.11 Å². The van der Waals surface area contributed by atoms with Gasteiger partial charge in [-0.25, -0.2) is 0 Å². The molecule has 0 N–H and O–H groups in total. The largest absolute Gasteiger partial charge is 0.468 e. The molecule has 1 saturated carbocycles. The zero-order valence-corrected chi connectivity index (χ0v) is 12.8. The summed E-state index contributed by atoms with van der Waals surface area (Å²) in [5.41, 5.74) is -0.563. The Bertz CT molecular complexity index is 630. The lowest BCUT2D eigenvalue weighted by molar-refractivity contribution is -0.159. The van der Waals surface area contributed by atoms with E-state index in [1.54, 1.807) is 44.2 Å². The molecule has 0 aromatic heterocycles. The van der Waals surface area contributed by atoms with Crippen molar-refractivity contribution < 1.29 is 23.9 Å². The Morgan fingerprint density at radius 3 is 2.27 bits per heavy atom. The Hall–Kier alpha value is -2.30. The van der Waals surface area contributed by atoms with Crippen LogP contribution in [0, 0.1) is 17.3 Å². The minimum absolute atomic E-state index is 0.0122. The lowest BCUT2D eigenvalue weighted by Crippen LogP contribution is -2.52. The van der Waals surface area contributed by atoms with Crippen LogP contribution in [0.3, 0.4) is 0 Å². The van der Waals surface area contributed by atoms with Crippen molar-refractivity contribution >= 4 is 23.3 Å². The van der Waals surface area contributed by atoms with Crippen LogP contribution in [0.5, 0.6) is 0 Å². The second kappa shape index (κ2) is 5.83. The van der Waals surface area contributed by atoms with Gasteiger partial charge in [0.05, 0.1) is 7.11 Å². The molecule has 5 heteroatoms. The molecule has 116 valence electrons. The highest BCUT2D eigenvalue weighted by Crippen LogP contribution is 2.40. The first kappa shape index (κ1) is 16.1. The maximum absolute atomic E-state index is 12.6. The van der Waals surface area contributed by atoms with E-state index in [0.29, 0.717) is 0 Å². The highest BCUT2D eigenvalue weighted by atomic mass is 16.5. The first-order chi connectivity index (χ1) is 10.3. The molecule has 0 heterocycles. The topological polar surface area (TPSA) is 77.5 Å². The highest BCUT2D eigenvalue weighted by Gasteiger charge is 2.54. The molecule has 5 nitrogen and oxygen atoms in total. The molecule has 1 aromatic rings. The van der Waals surface area contributed by atoms with Crippen LogP contribution in [0.2, 0.25) is 0 Å². The van der Waals surface area contributed by atoms with Crippen LogP contribution in [-0.4, -0.2) is 30.4 Å². The second-order valence-electron chi connectivity index (χ2n) is 6.15. The minimum atomic E-state index is -1.42. The number of carbonyl (C=O) groups excluding carboxylic acids is 4. The van der Waals surface area contributed by atoms with Gasteiger partial charge >= 0.3 is 5.97 Å². The molecule has 1 aliphatic rings. The SMILES string of the molecule is COC(=O)[C@@H]1C(=O)[C@H](C(=O)c2ccccc2)C(=O)CC1(C)C. The van der Waals surface area contributed by atoms with Crippen LogP contribution in [0.1, 0.15) is 30.6 Å². The Morgan fingerprint density at radius 2 is 1.73 bits per heavy atom. The van der Waals surface area contributed by atoms with Gasteiger partial charge in [-0.3, -0.25) is 19.2 Å². The number of ether oxygens (including phenoxy) is 1. The summed E-state index contributed by atoms with van der Waals surface area (Å²) in [6.07, 6.45) is -0.0122. The van der Waals surface area contributed by atoms with E-state index < -0.39 is 40.6 Å². The zero-order valence-electron chi connectivity index (χ0n) is 12.8. The van der Waals surface area contributed by atoms with Gasteiger partial charge in [-0.1, -0.05) is 44.2 Å². The van der Waals surface area contributed by atoms with E-state index in [2.05, 4.69) is 4.74 Å². The fraction of sp³-hybridized carbons (Fsp3) is 0.412. The highest BCUT2D eigenvalue weighted by molar-refractivity contribution is 6.28. The minimum Gasteiger partial charge on any atom is -0.468 e. The fourth-order valence-corrected chi connectivity index (χ4v) is 2.96. The Morgan fingerprint density at radius 1 is 1.14 bits per heavy atom. The number of carbonyl (C=O) groups is 4. The fourth-order valence-electron chi connectivity index (χ4n) is 2.96. The summed E-state index contributed by atoms with van der Waals surface area (Å²) in [6.45, 7) is 3.32. The van der Waals surface area contributed by atoms with Crippen LogP contribution in [0.15, 0.2) is 30.3 Å². The van der Waals surface area contributed by atoms with Gasteiger partial charge in [0.15, 0.2) is 17.3 Å². The van der Waals surface area contributed by atoms with E-state index in [-0.39, 0.29) is 12.0 Å². The Labute approximate surface area is 128 Å². The molecule has 0 radical (unpaired) electrons. The number of Topliss-reactive ketones (excluding diaryl/α,β-unsaturated/α-hetero) is 3. The summed E-state index contributed by atoms with van der Waals surface area (Å²) >= 11 is 0. The summed E-state index contributed by atoms with van der Waals surface area (Å²) in [7, 11) is 1.19. The van der Waals surface area contributed by atoms with Crippen molar-refractivity contribution in [2.75, 3.05) is 7.11 Å². The molecule has 0 aliphatic heterocycles. The van der Waals surface area contributed by atoms with Gasteiger partial charge in [-0.2, -0.15) is 0 Å². The van der Waals surface area contributed by atoms with Gasteiger partial charge in [0.1, 0.15) is 11.8 Å². The van der Waals surface area contributed by atoms with Gasteiger partial charge in [-0.15, -0.1) is 0 Å². The third-order valence-corrected chi connectivity index (χ3v) is 4.06. The van der Waals surface area contributed by atoms with E-state index in [0.717, 1.165) is 0 Å². The molecule has 0 unspecified atom stereocenters. The van der Waals surface area contributed by atoms with Crippen LogP contribution in [0.25, 0.3) is 0 Å². The molecule has 1 aromatic carbocycles. The number of benzene rings is 1. The molecule has 1 aliphatic carbocycles. The molecular weight excluding hydrogens is 284 g/mol. The van der Waals surface area contributed by atoms with Crippen molar-refractivity contribution in [2.24, 2.45) is 17.3 Å². The first-order valence-electron chi connectivity index (χ1n) is 7.03. The van der Waals surface area contributed by atoms with Gasteiger partial charge < -0.3 is 4.74 Å². The number of hydrogen-bond donors (Lipinski definition) is 0. The summed E-state index contributed by atoms with van der Waals surface area (Å²) in [4.78, 5) is 49.4. The Balaban J connectivity index is 2.40. The van der Waals surface area contributed by atoms with Crippen molar-refractivity contribution in [3.8, 4) is 0 Å². The van der Waals surface area contributed by atoms with Crippen molar-refractivity contribution in [3.63, 3.8) is 0 Å². The second-order valence-corrected chi connectivity index (χ2v) is 6.15. The lowest BCUT2D eigenvalue weighted by Gasteiger charge is -2.37. The average molecular weight is 302 g/mol. The molecule has 1 fully saturated rings. The maximum Gasteiger partial charge on any atom is 0.316 e. The van der Waals surface area contributed by atoms with Crippen LogP contribution in [-0.2, 0) is 19.1 Å². The van der Waals surface area contributed by atoms with Crippen molar-refractivity contribution in [2.45, 2.75) is 20.3 Å². The lowest BCUT2D eigenvalue weighted by atomic mass is 9.63. The van der Waals surface area contributed by atoms with Crippen LogP contribution < -0.4 is 0 Å². The van der Waals surface area contributed by atoms with E-state index in [1.807, 2.05) is 0 Å². The molecule has 2 atom stereocenters. The molecule has 0 amide bonds. The molecule has 2 rings (SSSR count). The molecular formula is C17H18O5. The van der Waals surface area contributed by atoms with Crippen LogP contribution in [0.4, 0.5) is 0 Å². The quantitative estimate of drug-likeness (QED) is 0.484. The van der Waals surface area contributed by atoms with Gasteiger partial charge in [0, 0.05) is 12.0 Å². The van der Waals surface area contributed by atoms with Crippen molar-refractivity contribution in [1.29, 1.82) is 0 Å². The first-order valence-corrected chi connectivity index (χ1v) is 7.03.